The summed E-state index contributed by atoms with van der Waals surface area (Å²) in [4.78, 5) is 15.8. The Morgan fingerprint density at radius 2 is 1.82 bits per heavy atom. The van der Waals surface area contributed by atoms with Crippen LogP contribution >= 0.6 is 0 Å². The Balaban J connectivity index is 0.000000648. The molecular weight excluding hydrogens is 522 g/mol. The highest BCUT2D eigenvalue weighted by Crippen LogP contribution is 2.26. The minimum atomic E-state index is -3.67. The Hall–Kier alpha value is -3.42. The monoisotopic (exact) mass is 555 g/mol. The van der Waals surface area contributed by atoms with Crippen LogP contribution in [0.25, 0.3) is 21.9 Å². The Labute approximate surface area is 227 Å². The molecule has 5 rings (SSSR count). The second-order valence-corrected chi connectivity index (χ2v) is 10.9. The van der Waals surface area contributed by atoms with Gasteiger partial charge in [0.15, 0.2) is 0 Å². The summed E-state index contributed by atoms with van der Waals surface area (Å²) in [6.07, 6.45) is 3.77. The lowest BCUT2D eigenvalue weighted by Gasteiger charge is -2.33. The second kappa shape index (κ2) is 12.6. The van der Waals surface area contributed by atoms with E-state index in [0.29, 0.717) is 42.3 Å². The zero-order chi connectivity index (χ0) is 28.0. The van der Waals surface area contributed by atoms with Gasteiger partial charge in [0.05, 0.1) is 36.2 Å². The molecule has 0 unspecified atom stereocenters. The van der Waals surface area contributed by atoms with E-state index in [4.69, 9.17) is 9.29 Å². The summed E-state index contributed by atoms with van der Waals surface area (Å²) >= 11 is 0. The van der Waals surface area contributed by atoms with Crippen molar-refractivity contribution in [1.82, 2.24) is 25.2 Å². The third-order valence-electron chi connectivity index (χ3n) is 6.50. The van der Waals surface area contributed by atoms with Gasteiger partial charge in [-0.2, -0.15) is 8.42 Å². The van der Waals surface area contributed by atoms with Crippen molar-refractivity contribution < 1.29 is 27.9 Å². The van der Waals surface area contributed by atoms with E-state index in [-0.39, 0.29) is 5.75 Å². The van der Waals surface area contributed by atoms with E-state index in [9.17, 15) is 18.6 Å². The van der Waals surface area contributed by atoms with Gasteiger partial charge >= 0.3 is 0 Å². The number of pyridine rings is 3. The van der Waals surface area contributed by atoms with Crippen molar-refractivity contribution in [2.45, 2.75) is 31.5 Å². The molecule has 1 fully saturated rings. The van der Waals surface area contributed by atoms with Crippen LogP contribution in [-0.2, 0) is 16.7 Å². The summed E-state index contributed by atoms with van der Waals surface area (Å²) in [6, 6.07) is 15.3. The number of benzene rings is 1. The van der Waals surface area contributed by atoms with Crippen molar-refractivity contribution in [3.63, 3.8) is 0 Å². The van der Waals surface area contributed by atoms with Gasteiger partial charge in [-0.3, -0.25) is 9.54 Å². The number of para-hydroxylation sites is 1. The van der Waals surface area contributed by atoms with Gasteiger partial charge in [0.25, 0.3) is 10.1 Å². The number of aliphatic hydroxyl groups is 1. The molecule has 1 saturated heterocycles. The van der Waals surface area contributed by atoms with E-state index in [1.54, 1.807) is 25.4 Å². The normalized spacial score (nSPS) is 15.6. The molecule has 0 aliphatic carbocycles. The highest BCUT2D eigenvalue weighted by molar-refractivity contribution is 7.85. The highest BCUT2D eigenvalue weighted by Gasteiger charge is 2.23. The largest absolute Gasteiger partial charge is 0.506 e. The van der Waals surface area contributed by atoms with E-state index in [1.807, 2.05) is 36.4 Å². The third-order valence-corrected chi connectivity index (χ3v) is 6.50. The van der Waals surface area contributed by atoms with Crippen LogP contribution in [-0.4, -0.2) is 82.1 Å². The maximum absolute atomic E-state index is 11.0. The number of fused-ring (bicyclic) bond motifs is 2. The van der Waals surface area contributed by atoms with Gasteiger partial charge in [0.1, 0.15) is 11.3 Å². The predicted octanol–water partition coefficient (Wildman–Crippen LogP) is 2.68. The lowest BCUT2D eigenvalue weighted by atomic mass is 10.0. The Bertz CT molecular complexity index is 1520. The number of phenols is 1. The van der Waals surface area contributed by atoms with Crippen molar-refractivity contribution >= 4 is 32.1 Å². The molecule has 4 N–H and O–H groups in total. The molecule has 0 amide bonds. The molecule has 208 valence electrons. The van der Waals surface area contributed by atoms with Crippen molar-refractivity contribution in [3.05, 3.63) is 66.0 Å². The number of piperidine rings is 1. The summed E-state index contributed by atoms with van der Waals surface area (Å²) in [6.45, 7) is 3.02. The first-order valence-electron chi connectivity index (χ1n) is 12.5. The van der Waals surface area contributed by atoms with Crippen LogP contribution in [0.4, 0.5) is 0 Å². The van der Waals surface area contributed by atoms with E-state index in [1.165, 1.54) is 0 Å². The van der Waals surface area contributed by atoms with Crippen molar-refractivity contribution in [1.29, 1.82) is 0 Å². The van der Waals surface area contributed by atoms with Crippen LogP contribution in [0.5, 0.6) is 11.6 Å². The first-order valence-corrected chi connectivity index (χ1v) is 14.4. The number of likely N-dealkylation sites (tertiary alicyclic amines) is 1. The first kappa shape index (κ1) is 28.6. The van der Waals surface area contributed by atoms with Crippen molar-refractivity contribution in [2.75, 3.05) is 33.0 Å². The quantitative estimate of drug-likeness (QED) is 0.248. The van der Waals surface area contributed by atoms with Crippen LogP contribution in [0, 0.1) is 0 Å². The molecule has 1 atom stereocenters. The number of β-amino-alcohol motifs (C(OH)–C–C–N with tert-alkyl or cyclic N) is 1. The van der Waals surface area contributed by atoms with Crippen molar-refractivity contribution in [3.8, 4) is 11.6 Å². The number of aromatic hydroxyl groups is 1. The van der Waals surface area contributed by atoms with Gasteiger partial charge < -0.3 is 25.2 Å². The number of nitrogens with one attached hydrogen (secondary N) is 1. The van der Waals surface area contributed by atoms with Crippen LogP contribution in [0.3, 0.4) is 0 Å². The number of methoxy groups -OCH3 is 1. The zero-order valence-electron chi connectivity index (χ0n) is 21.9. The fraction of sp³-hybridized carbons (Fsp3) is 0.370. The van der Waals surface area contributed by atoms with E-state index >= 15 is 0 Å². The predicted molar refractivity (Wildman–Crippen MR) is 148 cm³/mol. The number of nitrogens with zero attached hydrogens (tertiary/aromatic N) is 4. The molecule has 0 bridgehead atoms. The lowest BCUT2D eigenvalue weighted by Crippen LogP contribution is -2.43. The summed E-state index contributed by atoms with van der Waals surface area (Å²) in [5, 5.41) is 25.6. The Morgan fingerprint density at radius 1 is 1.08 bits per heavy atom. The summed E-state index contributed by atoms with van der Waals surface area (Å²) < 4.78 is 31.1. The zero-order valence-corrected chi connectivity index (χ0v) is 22.7. The topological polar surface area (TPSA) is 158 Å². The number of ether oxygens (including phenoxy) is 1. The number of phenolic OH excluding ortho intramolecular Hbond substituents is 1. The number of rotatable bonds is 7. The minimum Gasteiger partial charge on any atom is -0.506 e. The fourth-order valence-electron chi connectivity index (χ4n) is 4.59. The molecule has 4 heterocycles. The van der Waals surface area contributed by atoms with Crippen LogP contribution in [0.1, 0.15) is 30.2 Å². The summed E-state index contributed by atoms with van der Waals surface area (Å²) in [5.74, 6) is 0.721. The van der Waals surface area contributed by atoms with Crippen LogP contribution in [0.15, 0.2) is 54.7 Å². The summed E-state index contributed by atoms with van der Waals surface area (Å²) in [5.41, 5.74) is 3.76. The minimum absolute atomic E-state index is 0.210. The van der Waals surface area contributed by atoms with Gasteiger partial charge in [-0.1, -0.05) is 18.2 Å². The standard InChI is InChI=1S/C26H29N5O3.CH4O3S/c1-34-24-8-7-21-26(30-24)20(9-12-27-21)23(33)16-31-13-10-18(11-14-31)28-15-19-6-5-17-3-2-4-22(32)25(17)29-19;1-5(2,3)4/h2-9,12,18,23,28,32-33H,10-11,13-16H2,1H3;1H3,(H,2,3,4)/t23-;/m0./s1. The first-order chi connectivity index (χ1) is 18.6. The average Bonchev–Trinajstić information content (AvgIpc) is 2.91. The van der Waals surface area contributed by atoms with E-state index < -0.39 is 16.2 Å². The smallest absolute Gasteiger partial charge is 0.261 e. The number of hydrogen-bond donors (Lipinski definition) is 4. The maximum Gasteiger partial charge on any atom is 0.261 e. The van der Waals surface area contributed by atoms with E-state index in [2.05, 4.69) is 25.2 Å². The summed E-state index contributed by atoms with van der Waals surface area (Å²) in [7, 11) is -2.08. The average molecular weight is 556 g/mol. The number of hydrogen-bond acceptors (Lipinski definition) is 10. The Kier molecular flexibility index (Phi) is 9.25. The SMILES string of the molecule is COc1ccc2nccc([C@@H](O)CN3CCC(NCc4ccc5cccc(O)c5n4)CC3)c2n1.CS(=O)(=O)O. The Morgan fingerprint density at radius 3 is 2.54 bits per heavy atom. The molecule has 1 aliphatic heterocycles. The third kappa shape index (κ3) is 8.04. The molecule has 1 aromatic carbocycles. The van der Waals surface area contributed by atoms with Gasteiger partial charge in [-0.15, -0.1) is 0 Å². The lowest BCUT2D eigenvalue weighted by molar-refractivity contribution is 0.0947. The molecule has 0 radical (unpaired) electrons. The molecule has 12 heteroatoms. The molecule has 11 nitrogen and oxygen atoms in total. The van der Waals surface area contributed by atoms with Gasteiger partial charge in [-0.05, 0) is 50.2 Å². The molecule has 39 heavy (non-hydrogen) atoms. The fourth-order valence-corrected chi connectivity index (χ4v) is 4.59. The molecule has 1 aliphatic rings. The number of aliphatic hydroxyl groups excluding tert-OH is 1. The van der Waals surface area contributed by atoms with Crippen LogP contribution in [0.2, 0.25) is 0 Å². The maximum atomic E-state index is 11.0. The number of aromatic nitrogens is 3. The molecule has 3 aromatic heterocycles. The molecular formula is C27H33N5O6S. The second-order valence-electron chi connectivity index (χ2n) is 9.48. The van der Waals surface area contributed by atoms with Gasteiger partial charge in [0, 0.05) is 42.3 Å². The highest BCUT2D eigenvalue weighted by atomic mass is 32.2. The van der Waals surface area contributed by atoms with Crippen molar-refractivity contribution in [2.24, 2.45) is 0 Å². The van der Waals surface area contributed by atoms with Gasteiger partial charge in [0.2, 0.25) is 5.88 Å². The molecule has 0 saturated carbocycles. The van der Waals surface area contributed by atoms with Crippen LogP contribution < -0.4 is 10.1 Å². The van der Waals surface area contributed by atoms with Gasteiger partial charge in [-0.25, -0.2) is 9.97 Å². The molecule has 0 spiro atoms. The molecule has 4 aromatic rings. The van der Waals surface area contributed by atoms with E-state index in [0.717, 1.165) is 48.1 Å².